The molecule has 42 heavy (non-hydrogen) atoms. The van der Waals surface area contributed by atoms with E-state index in [2.05, 4.69) is 15.3 Å². The summed E-state index contributed by atoms with van der Waals surface area (Å²) in [7, 11) is 1.47. The van der Waals surface area contributed by atoms with E-state index < -0.39 is 29.6 Å². The Morgan fingerprint density at radius 2 is 1.88 bits per heavy atom. The van der Waals surface area contributed by atoms with Crippen LogP contribution in [0.1, 0.15) is 37.6 Å². The second-order valence-corrected chi connectivity index (χ2v) is 9.43. The summed E-state index contributed by atoms with van der Waals surface area (Å²) in [5.74, 6) is -0.556. The van der Waals surface area contributed by atoms with Crippen molar-refractivity contribution in [3.8, 4) is 17.1 Å². The smallest absolute Gasteiger partial charge is 0.466 e. The highest BCUT2D eigenvalue weighted by Crippen LogP contribution is 2.38. The Kier molecular flexibility index (Phi) is 9.22. The molecule has 1 atom stereocenters. The number of esters is 1. The minimum absolute atomic E-state index is 0.0109. The van der Waals surface area contributed by atoms with Crippen LogP contribution in [0.4, 0.5) is 29.3 Å². The predicted octanol–water partition coefficient (Wildman–Crippen LogP) is 4.69. The van der Waals surface area contributed by atoms with Gasteiger partial charge in [-0.25, -0.2) is 14.5 Å². The highest BCUT2D eigenvalue weighted by molar-refractivity contribution is 5.70. The van der Waals surface area contributed by atoms with E-state index in [1.165, 1.54) is 36.0 Å². The van der Waals surface area contributed by atoms with E-state index in [0.717, 1.165) is 12.1 Å². The monoisotopic (exact) mass is 592 g/mol. The van der Waals surface area contributed by atoms with Gasteiger partial charge in [0, 0.05) is 32.3 Å². The molecule has 3 heterocycles. The molecule has 0 unspecified atom stereocenters. The number of benzene rings is 1. The fourth-order valence-electron chi connectivity index (χ4n) is 4.58. The summed E-state index contributed by atoms with van der Waals surface area (Å²) >= 11 is 0. The number of carbonyl (C=O) groups is 2. The first-order chi connectivity index (χ1) is 20.0. The van der Waals surface area contributed by atoms with Crippen LogP contribution >= 0.6 is 0 Å². The maximum Gasteiger partial charge on any atom is 0.514 e. The number of carbonyl (C=O) groups excluding carboxylic acids is 2. The standard InChI is InChI=1S/C26H27F3N6O7/c1-3-40-22(36)13-16-5-4-12-34(14-16)20-11-10-19(30-24(20)26(27,28)29)23-21(33(2)32-31-23)15-41-25(37)42-18-8-6-17(7-9-18)35(38)39/h6-11,16H,3-5,12-15H2,1-2H3/t16-/m1/s1. The van der Waals surface area contributed by atoms with Crippen molar-refractivity contribution in [3.63, 3.8) is 0 Å². The molecule has 0 spiro atoms. The van der Waals surface area contributed by atoms with Crippen molar-refractivity contribution in [2.75, 3.05) is 24.6 Å². The van der Waals surface area contributed by atoms with Gasteiger partial charge in [0.2, 0.25) is 0 Å². The van der Waals surface area contributed by atoms with Gasteiger partial charge in [-0.2, -0.15) is 13.2 Å². The van der Waals surface area contributed by atoms with Gasteiger partial charge in [0.05, 0.1) is 29.3 Å². The lowest BCUT2D eigenvalue weighted by molar-refractivity contribution is -0.384. The molecule has 2 aromatic heterocycles. The summed E-state index contributed by atoms with van der Waals surface area (Å²) in [5.41, 5.74) is -1.45. The molecule has 16 heteroatoms. The van der Waals surface area contributed by atoms with Crippen LogP contribution in [0.25, 0.3) is 11.4 Å². The molecule has 3 aromatic rings. The highest BCUT2D eigenvalue weighted by atomic mass is 19.4. The maximum atomic E-state index is 14.2. The van der Waals surface area contributed by atoms with E-state index in [0.29, 0.717) is 19.4 Å². The number of piperidine rings is 1. The summed E-state index contributed by atoms with van der Waals surface area (Å²) in [4.78, 5) is 39.7. The van der Waals surface area contributed by atoms with Gasteiger partial charge in [0.15, 0.2) is 5.69 Å². The van der Waals surface area contributed by atoms with Crippen LogP contribution in [-0.4, -0.2) is 56.7 Å². The molecule has 1 aliphatic heterocycles. The van der Waals surface area contributed by atoms with Crippen LogP contribution in [0.5, 0.6) is 5.75 Å². The van der Waals surface area contributed by atoms with Gasteiger partial charge in [-0.15, -0.1) is 5.10 Å². The van der Waals surface area contributed by atoms with E-state index in [1.54, 1.807) is 11.8 Å². The first kappa shape index (κ1) is 30.2. The molecule has 1 fully saturated rings. The van der Waals surface area contributed by atoms with E-state index >= 15 is 0 Å². The van der Waals surface area contributed by atoms with Crippen molar-refractivity contribution in [2.45, 2.75) is 39.0 Å². The van der Waals surface area contributed by atoms with E-state index in [-0.39, 0.29) is 65.7 Å². The summed E-state index contributed by atoms with van der Waals surface area (Å²) in [6, 6.07) is 7.39. The Bertz CT molecular complexity index is 1450. The number of halogens is 3. The number of aryl methyl sites for hydroxylation is 1. The molecule has 1 aromatic carbocycles. The minimum Gasteiger partial charge on any atom is -0.466 e. The molecule has 224 valence electrons. The van der Waals surface area contributed by atoms with Crippen LogP contribution in [0.2, 0.25) is 0 Å². The molecule has 0 aliphatic carbocycles. The number of non-ortho nitro benzene ring substituents is 1. The minimum atomic E-state index is -4.80. The fourth-order valence-corrected chi connectivity index (χ4v) is 4.58. The number of alkyl halides is 3. The Balaban J connectivity index is 1.51. The fraction of sp³-hybridized carbons (Fsp3) is 0.423. The largest absolute Gasteiger partial charge is 0.514 e. The number of aromatic nitrogens is 4. The third-order valence-corrected chi connectivity index (χ3v) is 6.52. The summed E-state index contributed by atoms with van der Waals surface area (Å²) in [6.45, 7) is 2.07. The molecule has 13 nitrogen and oxygen atoms in total. The Morgan fingerprint density at radius 1 is 1.14 bits per heavy atom. The summed E-state index contributed by atoms with van der Waals surface area (Å²) in [6.07, 6.45) is -4.54. The first-order valence-corrected chi connectivity index (χ1v) is 12.9. The Labute approximate surface area is 237 Å². The topological polar surface area (TPSA) is 152 Å². The van der Waals surface area contributed by atoms with Crippen LogP contribution in [0, 0.1) is 16.0 Å². The molecule has 0 N–H and O–H groups in total. The lowest BCUT2D eigenvalue weighted by atomic mass is 9.94. The maximum absolute atomic E-state index is 14.2. The molecule has 0 bridgehead atoms. The van der Waals surface area contributed by atoms with Crippen molar-refractivity contribution in [2.24, 2.45) is 13.0 Å². The molecular weight excluding hydrogens is 565 g/mol. The van der Waals surface area contributed by atoms with Crippen molar-refractivity contribution >= 4 is 23.5 Å². The van der Waals surface area contributed by atoms with Crippen LogP contribution in [0.3, 0.4) is 0 Å². The Morgan fingerprint density at radius 3 is 2.55 bits per heavy atom. The number of rotatable bonds is 9. The SMILES string of the molecule is CCOC(=O)C[C@H]1CCCN(c2ccc(-c3nnn(C)c3COC(=O)Oc3ccc([N+](=O)[O-])cc3)nc2C(F)(F)F)C1. The van der Waals surface area contributed by atoms with Gasteiger partial charge in [-0.3, -0.25) is 14.9 Å². The lowest BCUT2D eigenvalue weighted by Crippen LogP contribution is -2.37. The van der Waals surface area contributed by atoms with Crippen molar-refractivity contribution in [1.82, 2.24) is 20.0 Å². The van der Waals surface area contributed by atoms with Crippen LogP contribution in [-0.2, 0) is 34.1 Å². The average Bonchev–Trinajstić information content (AvgIpc) is 3.31. The third kappa shape index (κ3) is 7.30. The number of hydrogen-bond donors (Lipinski definition) is 0. The molecule has 1 aliphatic rings. The number of hydrogen-bond acceptors (Lipinski definition) is 11. The Hall–Kier alpha value is -4.76. The number of pyridine rings is 1. The molecule has 1 saturated heterocycles. The lowest BCUT2D eigenvalue weighted by Gasteiger charge is -2.35. The van der Waals surface area contributed by atoms with Gasteiger partial charge in [0.1, 0.15) is 23.7 Å². The molecule has 4 rings (SSSR count). The number of anilines is 1. The van der Waals surface area contributed by atoms with E-state index in [4.69, 9.17) is 14.2 Å². The van der Waals surface area contributed by atoms with E-state index in [1.807, 2.05) is 0 Å². The molecular formula is C26H27F3N6O7. The van der Waals surface area contributed by atoms with Crippen molar-refractivity contribution in [1.29, 1.82) is 0 Å². The second-order valence-electron chi connectivity index (χ2n) is 9.43. The normalized spacial score (nSPS) is 15.3. The van der Waals surface area contributed by atoms with Gasteiger partial charge >= 0.3 is 18.3 Å². The highest BCUT2D eigenvalue weighted by Gasteiger charge is 2.39. The predicted molar refractivity (Wildman–Crippen MR) is 139 cm³/mol. The van der Waals surface area contributed by atoms with Crippen LogP contribution < -0.4 is 9.64 Å². The number of nitro benzene ring substituents is 1. The van der Waals surface area contributed by atoms with Crippen LogP contribution in [0.15, 0.2) is 36.4 Å². The molecule has 0 saturated carbocycles. The van der Waals surface area contributed by atoms with Gasteiger partial charge in [-0.1, -0.05) is 5.21 Å². The van der Waals surface area contributed by atoms with Crippen molar-refractivity contribution < 1.29 is 41.9 Å². The zero-order valence-corrected chi connectivity index (χ0v) is 22.7. The number of nitro groups is 1. The summed E-state index contributed by atoms with van der Waals surface area (Å²) < 4.78 is 58.9. The van der Waals surface area contributed by atoms with Gasteiger partial charge in [-0.05, 0) is 49.9 Å². The van der Waals surface area contributed by atoms with Gasteiger partial charge in [0.25, 0.3) is 5.69 Å². The molecule has 0 radical (unpaired) electrons. The van der Waals surface area contributed by atoms with Gasteiger partial charge < -0.3 is 19.1 Å². The zero-order valence-electron chi connectivity index (χ0n) is 22.7. The van der Waals surface area contributed by atoms with E-state index in [9.17, 15) is 32.9 Å². The summed E-state index contributed by atoms with van der Waals surface area (Å²) in [5, 5.41) is 18.5. The zero-order chi connectivity index (χ0) is 30.4. The average molecular weight is 593 g/mol. The number of nitrogens with zero attached hydrogens (tertiary/aromatic N) is 6. The third-order valence-electron chi connectivity index (χ3n) is 6.52. The number of ether oxygens (including phenoxy) is 3. The molecule has 0 amide bonds. The quantitative estimate of drug-likeness (QED) is 0.147. The first-order valence-electron chi connectivity index (χ1n) is 12.9. The van der Waals surface area contributed by atoms with Crippen molar-refractivity contribution in [3.05, 3.63) is 57.9 Å². The second kappa shape index (κ2) is 12.8.